The van der Waals surface area contributed by atoms with Crippen LogP contribution in [0.15, 0.2) is 15.1 Å². The quantitative estimate of drug-likeness (QED) is 0.673. The van der Waals surface area contributed by atoms with Crippen molar-refractivity contribution in [1.82, 2.24) is 9.88 Å². The maximum absolute atomic E-state index is 12.0. The third-order valence-corrected chi connectivity index (χ3v) is 4.82. The molecule has 1 aliphatic rings. The predicted octanol–water partition coefficient (Wildman–Crippen LogP) is 3.90. The van der Waals surface area contributed by atoms with Crippen LogP contribution in [0.4, 0.5) is 4.79 Å². The highest BCUT2D eigenvalue weighted by atomic mass is 79.9. The average molecular weight is 392 g/mol. The fourth-order valence-corrected chi connectivity index (χ4v) is 2.79. The molecular formula is C13H16Br2N2O2. The van der Waals surface area contributed by atoms with Crippen LogP contribution < -0.4 is 0 Å². The minimum atomic E-state index is -0.467. The number of ether oxygens (including phenoxy) is 1. The van der Waals surface area contributed by atoms with Crippen LogP contribution in [-0.4, -0.2) is 28.1 Å². The van der Waals surface area contributed by atoms with Crippen molar-refractivity contribution in [2.24, 2.45) is 0 Å². The van der Waals surface area contributed by atoms with Gasteiger partial charge >= 0.3 is 6.09 Å². The van der Waals surface area contributed by atoms with E-state index in [4.69, 9.17) is 4.74 Å². The molecule has 0 saturated heterocycles. The molecule has 0 fully saturated rings. The predicted molar refractivity (Wildman–Crippen MR) is 80.0 cm³/mol. The smallest absolute Gasteiger partial charge is 0.410 e. The number of nitrogens with zero attached hydrogens (tertiary/aromatic N) is 2. The van der Waals surface area contributed by atoms with Crippen LogP contribution >= 0.6 is 31.9 Å². The number of hydrogen-bond donors (Lipinski definition) is 0. The molecule has 1 aliphatic heterocycles. The van der Waals surface area contributed by atoms with Crippen LogP contribution in [0, 0.1) is 0 Å². The van der Waals surface area contributed by atoms with E-state index >= 15 is 0 Å². The summed E-state index contributed by atoms with van der Waals surface area (Å²) in [5, 5.41) is 0. The first kappa shape index (κ1) is 14.8. The number of halogens is 2. The van der Waals surface area contributed by atoms with Crippen molar-refractivity contribution in [2.75, 3.05) is 6.54 Å². The van der Waals surface area contributed by atoms with Crippen LogP contribution in [0.1, 0.15) is 32.0 Å². The van der Waals surface area contributed by atoms with Crippen LogP contribution in [0.3, 0.4) is 0 Å². The third kappa shape index (κ3) is 3.48. The minimum Gasteiger partial charge on any atom is -0.444 e. The number of carbonyl (C=O) groups is 1. The normalized spacial score (nSPS) is 15.1. The molecule has 0 spiro atoms. The molecule has 1 aromatic heterocycles. The molecule has 1 aromatic rings. The van der Waals surface area contributed by atoms with Crippen LogP contribution in [0.2, 0.25) is 0 Å². The van der Waals surface area contributed by atoms with E-state index in [0.717, 1.165) is 26.6 Å². The highest BCUT2D eigenvalue weighted by molar-refractivity contribution is 9.13. The Morgan fingerprint density at radius 3 is 2.74 bits per heavy atom. The van der Waals surface area contributed by atoms with E-state index in [1.165, 1.54) is 0 Å². The molecule has 0 bridgehead atoms. The molecule has 19 heavy (non-hydrogen) atoms. The van der Waals surface area contributed by atoms with E-state index in [9.17, 15) is 4.79 Å². The van der Waals surface area contributed by atoms with E-state index in [0.29, 0.717) is 13.1 Å². The van der Waals surface area contributed by atoms with Gasteiger partial charge in [-0.1, -0.05) is 0 Å². The third-order valence-electron chi connectivity index (χ3n) is 2.78. The molecule has 0 radical (unpaired) electrons. The Balaban J connectivity index is 2.15. The fraction of sp³-hybridized carbons (Fsp3) is 0.538. The van der Waals surface area contributed by atoms with Crippen molar-refractivity contribution in [3.8, 4) is 0 Å². The maximum atomic E-state index is 12.0. The van der Waals surface area contributed by atoms with Crippen molar-refractivity contribution in [3.05, 3.63) is 26.4 Å². The van der Waals surface area contributed by atoms with Gasteiger partial charge in [0.1, 0.15) is 5.60 Å². The topological polar surface area (TPSA) is 42.4 Å². The molecule has 2 rings (SSSR count). The molecule has 4 nitrogen and oxygen atoms in total. The molecule has 1 amide bonds. The largest absolute Gasteiger partial charge is 0.444 e. The number of hydrogen-bond acceptors (Lipinski definition) is 3. The van der Waals surface area contributed by atoms with Gasteiger partial charge in [0.15, 0.2) is 0 Å². The molecule has 0 N–H and O–H groups in total. The molecule has 0 aliphatic carbocycles. The summed E-state index contributed by atoms with van der Waals surface area (Å²) in [7, 11) is 0. The van der Waals surface area contributed by atoms with Crippen LogP contribution in [-0.2, 0) is 17.7 Å². The standard InChI is InChI=1S/C13H16Br2N2O2/c1-13(2,3)19-12(18)17-5-4-8-10(7-17)16-6-9(14)11(8)15/h6H,4-5,7H2,1-3H3. The zero-order chi connectivity index (χ0) is 14.2. The van der Waals surface area contributed by atoms with Gasteiger partial charge in [0.05, 0.1) is 16.7 Å². The van der Waals surface area contributed by atoms with Crippen molar-refractivity contribution < 1.29 is 9.53 Å². The molecule has 0 unspecified atom stereocenters. The van der Waals surface area contributed by atoms with Gasteiger partial charge in [0.25, 0.3) is 0 Å². The lowest BCUT2D eigenvalue weighted by Gasteiger charge is -2.31. The number of aromatic nitrogens is 1. The average Bonchev–Trinajstić information content (AvgIpc) is 2.31. The summed E-state index contributed by atoms with van der Waals surface area (Å²) in [6.45, 7) is 6.76. The van der Waals surface area contributed by atoms with E-state index < -0.39 is 5.60 Å². The first-order valence-corrected chi connectivity index (χ1v) is 7.66. The number of pyridine rings is 1. The van der Waals surface area contributed by atoms with Crippen LogP contribution in [0.25, 0.3) is 0 Å². The second-order valence-electron chi connectivity index (χ2n) is 5.50. The summed E-state index contributed by atoms with van der Waals surface area (Å²) >= 11 is 6.99. The van der Waals surface area contributed by atoms with Gasteiger partial charge in [-0.3, -0.25) is 4.98 Å². The first-order chi connectivity index (χ1) is 8.78. The van der Waals surface area contributed by atoms with Gasteiger partial charge in [-0.15, -0.1) is 0 Å². The van der Waals surface area contributed by atoms with Gasteiger partial charge in [-0.05, 0) is 64.6 Å². The van der Waals surface area contributed by atoms with E-state index in [1.54, 1.807) is 11.1 Å². The Bertz CT molecular complexity index is 512. The SMILES string of the molecule is CC(C)(C)OC(=O)N1CCc2c(ncc(Br)c2Br)C1. The van der Waals surface area contributed by atoms with Gasteiger partial charge < -0.3 is 9.64 Å². The van der Waals surface area contributed by atoms with Gasteiger partial charge in [0, 0.05) is 17.2 Å². The molecule has 6 heteroatoms. The molecular weight excluding hydrogens is 376 g/mol. The summed E-state index contributed by atoms with van der Waals surface area (Å²) in [5.41, 5.74) is 1.62. The van der Waals surface area contributed by atoms with Crippen molar-refractivity contribution in [3.63, 3.8) is 0 Å². The van der Waals surface area contributed by atoms with Crippen molar-refractivity contribution in [2.45, 2.75) is 39.3 Å². The zero-order valence-electron chi connectivity index (χ0n) is 11.2. The van der Waals surface area contributed by atoms with Crippen molar-refractivity contribution in [1.29, 1.82) is 0 Å². The van der Waals surface area contributed by atoms with E-state index in [-0.39, 0.29) is 6.09 Å². The Kier molecular flexibility index (Phi) is 4.20. The number of carbonyl (C=O) groups excluding carboxylic acids is 1. The Morgan fingerprint density at radius 2 is 2.11 bits per heavy atom. The summed E-state index contributed by atoms with van der Waals surface area (Å²) in [4.78, 5) is 18.1. The monoisotopic (exact) mass is 390 g/mol. The summed E-state index contributed by atoms with van der Waals surface area (Å²) < 4.78 is 7.36. The fourth-order valence-electron chi connectivity index (χ4n) is 1.92. The lowest BCUT2D eigenvalue weighted by atomic mass is 10.1. The van der Waals surface area contributed by atoms with Gasteiger partial charge in [0.2, 0.25) is 0 Å². The Morgan fingerprint density at radius 1 is 1.42 bits per heavy atom. The number of fused-ring (bicyclic) bond motifs is 1. The number of rotatable bonds is 0. The molecule has 0 atom stereocenters. The van der Waals surface area contributed by atoms with Gasteiger partial charge in [-0.2, -0.15) is 0 Å². The Labute approximate surface area is 129 Å². The molecule has 0 saturated carbocycles. The second kappa shape index (κ2) is 5.40. The zero-order valence-corrected chi connectivity index (χ0v) is 14.3. The maximum Gasteiger partial charge on any atom is 0.410 e. The highest BCUT2D eigenvalue weighted by Gasteiger charge is 2.27. The lowest BCUT2D eigenvalue weighted by molar-refractivity contribution is 0.0220. The minimum absolute atomic E-state index is 0.279. The molecule has 2 heterocycles. The first-order valence-electron chi connectivity index (χ1n) is 6.07. The molecule has 0 aromatic carbocycles. The lowest BCUT2D eigenvalue weighted by Crippen LogP contribution is -2.40. The second-order valence-corrected chi connectivity index (χ2v) is 7.14. The molecule has 104 valence electrons. The van der Waals surface area contributed by atoms with Crippen LogP contribution in [0.5, 0.6) is 0 Å². The van der Waals surface area contributed by atoms with Crippen molar-refractivity contribution >= 4 is 38.0 Å². The highest BCUT2D eigenvalue weighted by Crippen LogP contribution is 2.31. The van der Waals surface area contributed by atoms with E-state index in [1.807, 2.05) is 20.8 Å². The Hall–Kier alpha value is -0.620. The van der Waals surface area contributed by atoms with E-state index in [2.05, 4.69) is 36.8 Å². The summed E-state index contributed by atoms with van der Waals surface area (Å²) in [6, 6.07) is 0. The number of amides is 1. The summed E-state index contributed by atoms with van der Waals surface area (Å²) in [5.74, 6) is 0. The summed E-state index contributed by atoms with van der Waals surface area (Å²) in [6.07, 6.45) is 2.25. The van der Waals surface area contributed by atoms with Gasteiger partial charge in [-0.25, -0.2) is 4.79 Å².